The van der Waals surface area contributed by atoms with Crippen LogP contribution >= 0.6 is 0 Å². The molecule has 0 saturated heterocycles. The van der Waals surface area contributed by atoms with Crippen LogP contribution in [-0.2, 0) is 40.6 Å². The fraction of sp³-hybridized carbons (Fsp3) is 0.182. The maximum Gasteiger partial charge on any atom is 0 e. The van der Waals surface area contributed by atoms with Gasteiger partial charge in [0.2, 0.25) is 5.91 Å². The summed E-state index contributed by atoms with van der Waals surface area (Å²) in [5, 5.41) is 10.4. The van der Waals surface area contributed by atoms with Gasteiger partial charge in [-0.1, -0.05) is 18.2 Å². The van der Waals surface area contributed by atoms with Crippen LogP contribution < -0.4 is 5.32 Å². The number of allylic oxidation sites excluding steroid dienone is 3. The first-order valence-corrected chi connectivity index (χ1v) is 4.07. The van der Waals surface area contributed by atoms with Gasteiger partial charge in [-0.2, -0.15) is 0 Å². The fourth-order valence-corrected chi connectivity index (χ4v) is 0.476. The van der Waals surface area contributed by atoms with Crippen LogP contribution in [0.2, 0.25) is 0 Å². The van der Waals surface area contributed by atoms with Crippen LogP contribution in [0, 0.1) is 20.0 Å². The van der Waals surface area contributed by atoms with E-state index in [2.05, 4.69) is 25.3 Å². The van der Waals surface area contributed by atoms with Crippen molar-refractivity contribution in [3.8, 4) is 0 Å². The number of amides is 1. The van der Waals surface area contributed by atoms with Gasteiger partial charge in [0.05, 0.1) is 0 Å². The molecule has 0 spiro atoms. The van der Waals surface area contributed by atoms with Crippen LogP contribution in [0.4, 0.5) is 0 Å². The minimum absolute atomic E-state index is 0. The molecule has 19 heavy (non-hydrogen) atoms. The summed E-state index contributed by atoms with van der Waals surface area (Å²) in [7, 11) is 0. The number of aliphatic carboxylic acids is 1. The SMILES string of the molecule is C/C=C/C=C/C(=O)NCC(=O)O.[C-]#[O+].[C-]#[O+].[C-]#[O+].[Fe]. The summed E-state index contributed by atoms with van der Waals surface area (Å²) < 4.78 is 22.5. The zero-order valence-corrected chi connectivity index (χ0v) is 11.0. The van der Waals surface area contributed by atoms with Crippen LogP contribution in [0.15, 0.2) is 24.3 Å². The molecule has 0 aromatic rings. The van der Waals surface area contributed by atoms with Gasteiger partial charge in [0.1, 0.15) is 6.54 Å². The standard InChI is InChI=1S/C8H11NO3.3CO.Fe/c1-2-3-4-5-7(10)9-6-8(11)12;3*1-2;/h2-5H,6H2,1H3,(H,9,10)(H,11,12);;;;/b3-2+,5-4+;;;;. The first kappa shape index (κ1) is 30.3. The summed E-state index contributed by atoms with van der Waals surface area (Å²) in [6.07, 6.45) is 6.25. The van der Waals surface area contributed by atoms with Crippen molar-refractivity contribution in [3.63, 3.8) is 0 Å². The van der Waals surface area contributed by atoms with E-state index in [9.17, 15) is 9.59 Å². The molecule has 104 valence electrons. The van der Waals surface area contributed by atoms with Crippen LogP contribution in [0.5, 0.6) is 0 Å². The second kappa shape index (κ2) is 36.0. The molecule has 0 aliphatic rings. The number of carbonyl (C=O) groups is 2. The molecule has 0 heterocycles. The van der Waals surface area contributed by atoms with Gasteiger partial charge < -0.3 is 10.4 Å². The molecule has 0 saturated carbocycles. The quantitative estimate of drug-likeness (QED) is 0.253. The molecule has 0 aromatic carbocycles. The zero-order chi connectivity index (χ0) is 15.4. The van der Waals surface area contributed by atoms with Gasteiger partial charge >= 0.3 is 39.9 Å². The van der Waals surface area contributed by atoms with E-state index in [4.69, 9.17) is 19.1 Å². The average Bonchev–Trinajstić information content (AvgIpc) is 2.43. The third-order valence-electron chi connectivity index (χ3n) is 0.965. The van der Waals surface area contributed by atoms with E-state index >= 15 is 0 Å². The Kier molecular flexibility index (Phi) is 57.4. The monoisotopic (exact) mass is 309 g/mol. The normalized spacial score (nSPS) is 7.11. The summed E-state index contributed by atoms with van der Waals surface area (Å²) >= 11 is 0. The van der Waals surface area contributed by atoms with E-state index in [1.165, 1.54) is 12.2 Å². The van der Waals surface area contributed by atoms with Gasteiger partial charge in [-0.15, -0.1) is 0 Å². The Balaban J connectivity index is -0.0000000816. The van der Waals surface area contributed by atoms with Gasteiger partial charge in [-0.3, -0.25) is 9.59 Å². The maximum atomic E-state index is 10.7. The predicted molar refractivity (Wildman–Crippen MR) is 56.4 cm³/mol. The van der Waals surface area contributed by atoms with Crippen LogP contribution in [0.3, 0.4) is 0 Å². The summed E-state index contributed by atoms with van der Waals surface area (Å²) in [6.45, 7) is 15.0. The number of carboxylic acid groups (broad SMARTS) is 1. The molecule has 0 atom stereocenters. The Bertz CT molecular complexity index is 316. The molecular weight excluding hydrogens is 298 g/mol. The van der Waals surface area contributed by atoms with Gasteiger partial charge in [0.15, 0.2) is 0 Å². The van der Waals surface area contributed by atoms with E-state index < -0.39 is 11.9 Å². The molecule has 0 aromatic heterocycles. The minimum Gasteiger partial charge on any atom is 0 e. The zero-order valence-electron chi connectivity index (χ0n) is 9.86. The van der Waals surface area contributed by atoms with Crippen LogP contribution in [0.25, 0.3) is 0 Å². The molecule has 0 aliphatic carbocycles. The van der Waals surface area contributed by atoms with Crippen molar-refractivity contribution in [2.75, 3.05) is 6.54 Å². The molecule has 0 bridgehead atoms. The van der Waals surface area contributed by atoms with Crippen molar-refractivity contribution in [2.24, 2.45) is 0 Å². The predicted octanol–water partition coefficient (Wildman–Crippen LogP) is 0.204. The topological polar surface area (TPSA) is 126 Å². The Hall–Kier alpha value is -1.84. The fourth-order valence-electron chi connectivity index (χ4n) is 0.476. The van der Waals surface area contributed by atoms with E-state index in [0.29, 0.717) is 0 Å². The molecule has 0 unspecified atom stereocenters. The van der Waals surface area contributed by atoms with Crippen molar-refractivity contribution in [3.05, 3.63) is 44.3 Å². The summed E-state index contributed by atoms with van der Waals surface area (Å²) in [4.78, 5) is 20.7. The van der Waals surface area contributed by atoms with Crippen molar-refractivity contribution in [2.45, 2.75) is 6.92 Å². The Labute approximate surface area is 121 Å². The van der Waals surface area contributed by atoms with E-state index in [-0.39, 0.29) is 23.6 Å². The smallest absolute Gasteiger partial charge is 0 e. The molecule has 7 nitrogen and oxygen atoms in total. The number of hydrogen-bond acceptors (Lipinski definition) is 2. The molecule has 2 N–H and O–H groups in total. The Morgan fingerprint density at radius 2 is 1.53 bits per heavy atom. The Morgan fingerprint density at radius 1 is 1.11 bits per heavy atom. The summed E-state index contributed by atoms with van der Waals surface area (Å²) in [6, 6.07) is 0. The first-order chi connectivity index (χ1) is 8.66. The molecule has 0 radical (unpaired) electrons. The van der Waals surface area contributed by atoms with Crippen LogP contribution in [-0.4, -0.2) is 23.5 Å². The molecule has 1 amide bonds. The van der Waals surface area contributed by atoms with Gasteiger partial charge in [0, 0.05) is 23.1 Å². The van der Waals surface area contributed by atoms with Gasteiger partial charge in [0.25, 0.3) is 0 Å². The Morgan fingerprint density at radius 3 is 1.84 bits per heavy atom. The number of carbonyl (C=O) groups excluding carboxylic acids is 1. The summed E-state index contributed by atoms with van der Waals surface area (Å²) in [5.41, 5.74) is 0. The largest absolute Gasteiger partial charge is 0 e. The maximum absolute atomic E-state index is 10.7. The first-order valence-electron chi connectivity index (χ1n) is 4.07. The van der Waals surface area contributed by atoms with Crippen molar-refractivity contribution < 1.29 is 45.7 Å². The third-order valence-corrected chi connectivity index (χ3v) is 0.965. The summed E-state index contributed by atoms with van der Waals surface area (Å²) in [5.74, 6) is -1.46. The molecular formula is C11H11FeNO6. The molecule has 0 fully saturated rings. The average molecular weight is 309 g/mol. The van der Waals surface area contributed by atoms with E-state index in [0.717, 1.165) is 0 Å². The van der Waals surface area contributed by atoms with Crippen molar-refractivity contribution in [1.29, 1.82) is 0 Å². The third kappa shape index (κ3) is 48.7. The second-order valence-corrected chi connectivity index (χ2v) is 2.00. The minimum atomic E-state index is -1.05. The van der Waals surface area contributed by atoms with Gasteiger partial charge in [-0.05, 0) is 6.92 Å². The molecule has 8 heteroatoms. The molecule has 0 aliphatic heterocycles. The van der Waals surface area contributed by atoms with E-state index in [1.807, 2.05) is 6.92 Å². The van der Waals surface area contributed by atoms with Crippen molar-refractivity contribution in [1.82, 2.24) is 5.32 Å². The second-order valence-electron chi connectivity index (χ2n) is 2.00. The number of hydrogen-bond donors (Lipinski definition) is 2. The molecule has 0 rings (SSSR count). The number of rotatable bonds is 4. The van der Waals surface area contributed by atoms with Gasteiger partial charge in [-0.25, -0.2) is 0 Å². The van der Waals surface area contributed by atoms with Crippen molar-refractivity contribution >= 4 is 11.9 Å². The van der Waals surface area contributed by atoms with Crippen LogP contribution in [0.1, 0.15) is 6.92 Å². The number of nitrogens with one attached hydrogen (secondary N) is 1. The number of carboxylic acids is 1. The van der Waals surface area contributed by atoms with E-state index in [1.54, 1.807) is 12.2 Å².